The van der Waals surface area contributed by atoms with Crippen molar-refractivity contribution in [3.05, 3.63) is 46.6 Å². The fraction of sp³-hybridized carbons (Fsp3) is 0.214. The minimum absolute atomic E-state index is 0.195. The molecule has 0 spiro atoms. The summed E-state index contributed by atoms with van der Waals surface area (Å²) in [7, 11) is 1.26. The zero-order valence-corrected chi connectivity index (χ0v) is 13.2. The Labute approximate surface area is 141 Å². The van der Waals surface area contributed by atoms with Gasteiger partial charge in [0.25, 0.3) is 6.43 Å². The topological polar surface area (TPSA) is 126 Å². The van der Waals surface area contributed by atoms with Crippen LogP contribution >= 0.6 is 0 Å². The van der Waals surface area contributed by atoms with E-state index in [-0.39, 0.29) is 5.76 Å². The van der Waals surface area contributed by atoms with Gasteiger partial charge in [0.15, 0.2) is 11.9 Å². The third-order valence-corrected chi connectivity index (χ3v) is 2.70. The molecule has 2 rings (SSSR count). The Morgan fingerprint density at radius 2 is 2.36 bits per heavy atom. The number of aliphatic imine (C=N–C) groups is 1. The van der Waals surface area contributed by atoms with Crippen LogP contribution in [0.25, 0.3) is 0 Å². The first-order chi connectivity index (χ1) is 11.9. The maximum absolute atomic E-state index is 13.0. The lowest BCUT2D eigenvalue weighted by atomic mass is 10.2. The number of nitro groups is 1. The van der Waals surface area contributed by atoms with Gasteiger partial charge in [-0.05, 0) is 9.91 Å². The van der Waals surface area contributed by atoms with Gasteiger partial charge in [-0.15, -0.1) is 0 Å². The normalized spacial score (nSPS) is 11.8. The number of hydrogen-bond acceptors (Lipinski definition) is 8. The predicted octanol–water partition coefficient (Wildman–Crippen LogP) is 2.64. The molecule has 0 aliphatic carbocycles. The van der Waals surface area contributed by atoms with Crippen LogP contribution < -0.4 is 15.4 Å². The molecule has 3 N–H and O–H groups in total. The Hall–Kier alpha value is -3.37. The minimum atomic E-state index is -3.02. The molecular weight excluding hydrogens is 338 g/mol. The molecule has 0 amide bonds. The number of anilines is 1. The van der Waals surface area contributed by atoms with Crippen molar-refractivity contribution in [3.8, 4) is 5.75 Å². The number of allylic oxidation sites excluding steroid dienone is 1. The van der Waals surface area contributed by atoms with E-state index in [0.29, 0.717) is 0 Å². The number of halogens is 2. The third-order valence-electron chi connectivity index (χ3n) is 2.70. The SMILES string of the molecule is C1=CNCC=N1.C=C(C=N)Oc1cnc([N+](=O)[O-])c(NC)c1C(F)F. The van der Waals surface area contributed by atoms with Crippen LogP contribution in [0.4, 0.5) is 20.3 Å². The van der Waals surface area contributed by atoms with Crippen molar-refractivity contribution in [3.63, 3.8) is 0 Å². The van der Waals surface area contributed by atoms with E-state index < -0.39 is 34.2 Å². The number of nitrogens with zero attached hydrogens (tertiary/aromatic N) is 3. The van der Waals surface area contributed by atoms with Gasteiger partial charge in [-0.25, -0.2) is 8.78 Å². The van der Waals surface area contributed by atoms with Gasteiger partial charge in [-0.3, -0.25) is 4.99 Å². The van der Waals surface area contributed by atoms with Crippen molar-refractivity contribution in [1.29, 1.82) is 5.41 Å². The standard InChI is InChI=1S/C10H10F2N4O3.C4H6N2/c1-5(3-13)19-6-4-15-10(16(17)18)8(14-2)7(6)9(11)12;1-2-6-4-3-5-1/h3-4,9,13-14H,1H2,2H3;1-3,6H,4H2. The average Bonchev–Trinajstić information content (AvgIpc) is 2.62. The van der Waals surface area contributed by atoms with Crippen LogP contribution in [0.3, 0.4) is 0 Å². The van der Waals surface area contributed by atoms with Crippen LogP contribution in [0.2, 0.25) is 0 Å². The van der Waals surface area contributed by atoms with Crippen LogP contribution in [-0.4, -0.2) is 35.9 Å². The number of hydrogen-bond donors (Lipinski definition) is 3. The molecule has 0 radical (unpaired) electrons. The molecule has 1 aliphatic rings. The summed E-state index contributed by atoms with van der Waals surface area (Å²) in [6, 6.07) is 0. The second kappa shape index (κ2) is 9.70. The van der Waals surface area contributed by atoms with Crippen molar-refractivity contribution in [2.75, 3.05) is 18.9 Å². The quantitative estimate of drug-likeness (QED) is 0.312. The summed E-state index contributed by atoms with van der Waals surface area (Å²) >= 11 is 0. The number of alkyl halides is 2. The van der Waals surface area contributed by atoms with Crippen molar-refractivity contribution < 1.29 is 18.4 Å². The second-order valence-electron chi connectivity index (χ2n) is 4.31. The van der Waals surface area contributed by atoms with E-state index in [1.807, 2.05) is 12.4 Å². The molecule has 25 heavy (non-hydrogen) atoms. The van der Waals surface area contributed by atoms with Gasteiger partial charge in [0, 0.05) is 32.2 Å². The Bertz CT molecular complexity index is 694. The highest BCUT2D eigenvalue weighted by Gasteiger charge is 2.29. The first-order valence-electron chi connectivity index (χ1n) is 6.82. The van der Waals surface area contributed by atoms with E-state index in [9.17, 15) is 18.9 Å². The summed E-state index contributed by atoms with van der Waals surface area (Å²) < 4.78 is 30.9. The molecular formula is C14H16F2N6O3. The minimum Gasteiger partial charge on any atom is -0.452 e. The Balaban J connectivity index is 0.000000435. The molecule has 0 aromatic carbocycles. The lowest BCUT2D eigenvalue weighted by Gasteiger charge is -2.12. The first-order valence-corrected chi connectivity index (χ1v) is 6.82. The van der Waals surface area contributed by atoms with Gasteiger partial charge < -0.3 is 30.9 Å². The fourth-order valence-electron chi connectivity index (χ4n) is 1.68. The Kier molecular flexibility index (Phi) is 7.63. The van der Waals surface area contributed by atoms with E-state index in [0.717, 1.165) is 19.0 Å². The number of nitrogens with one attached hydrogen (secondary N) is 3. The summed E-state index contributed by atoms with van der Waals surface area (Å²) in [5.41, 5.74) is -1.14. The number of pyridine rings is 1. The van der Waals surface area contributed by atoms with E-state index in [2.05, 4.69) is 27.2 Å². The second-order valence-corrected chi connectivity index (χ2v) is 4.31. The van der Waals surface area contributed by atoms with Gasteiger partial charge in [0.2, 0.25) is 0 Å². The molecule has 0 fully saturated rings. The van der Waals surface area contributed by atoms with Gasteiger partial charge in [-0.1, -0.05) is 6.58 Å². The largest absolute Gasteiger partial charge is 0.452 e. The Morgan fingerprint density at radius 1 is 1.64 bits per heavy atom. The lowest BCUT2D eigenvalue weighted by molar-refractivity contribution is -0.388. The summed E-state index contributed by atoms with van der Waals surface area (Å²) in [5, 5.41) is 22.8. The number of ether oxygens (including phenoxy) is 1. The zero-order valence-electron chi connectivity index (χ0n) is 13.2. The lowest BCUT2D eigenvalue weighted by Crippen LogP contribution is -2.09. The highest BCUT2D eigenvalue weighted by atomic mass is 19.3. The van der Waals surface area contributed by atoms with Gasteiger partial charge in [0.1, 0.15) is 11.4 Å². The van der Waals surface area contributed by atoms with E-state index in [4.69, 9.17) is 10.1 Å². The third kappa shape index (κ3) is 5.64. The molecule has 134 valence electrons. The molecule has 1 aromatic heterocycles. The maximum atomic E-state index is 13.0. The van der Waals surface area contributed by atoms with Crippen molar-refractivity contribution in [1.82, 2.24) is 10.3 Å². The zero-order chi connectivity index (χ0) is 18.8. The van der Waals surface area contributed by atoms with E-state index >= 15 is 0 Å². The summed E-state index contributed by atoms with van der Waals surface area (Å²) in [6.45, 7) is 4.16. The molecule has 1 aromatic rings. The van der Waals surface area contributed by atoms with E-state index in [1.165, 1.54) is 7.05 Å². The van der Waals surface area contributed by atoms with Gasteiger partial charge in [-0.2, -0.15) is 0 Å². The Morgan fingerprint density at radius 3 is 2.72 bits per heavy atom. The van der Waals surface area contributed by atoms with Crippen molar-refractivity contribution >= 4 is 23.9 Å². The average molecular weight is 354 g/mol. The molecule has 0 unspecified atom stereocenters. The van der Waals surface area contributed by atoms with Gasteiger partial charge >= 0.3 is 5.82 Å². The first kappa shape index (κ1) is 19.7. The molecule has 0 atom stereocenters. The predicted molar refractivity (Wildman–Crippen MR) is 89.6 cm³/mol. The van der Waals surface area contributed by atoms with E-state index in [1.54, 1.807) is 6.20 Å². The van der Waals surface area contributed by atoms with Crippen molar-refractivity contribution in [2.24, 2.45) is 4.99 Å². The monoisotopic (exact) mass is 354 g/mol. The maximum Gasteiger partial charge on any atom is 0.387 e. The highest BCUT2D eigenvalue weighted by molar-refractivity contribution is 5.73. The molecule has 9 nitrogen and oxygen atoms in total. The molecule has 0 saturated heterocycles. The fourth-order valence-corrected chi connectivity index (χ4v) is 1.68. The van der Waals surface area contributed by atoms with Gasteiger partial charge in [0.05, 0.1) is 11.8 Å². The highest BCUT2D eigenvalue weighted by Crippen LogP contribution is 2.39. The van der Waals surface area contributed by atoms with Crippen LogP contribution in [0.15, 0.2) is 35.9 Å². The summed E-state index contributed by atoms with van der Waals surface area (Å²) in [4.78, 5) is 17.1. The smallest absolute Gasteiger partial charge is 0.387 e. The molecule has 0 bridgehead atoms. The number of aromatic nitrogens is 1. The summed E-state index contributed by atoms with van der Waals surface area (Å²) in [6.07, 6.45) is 3.87. The van der Waals surface area contributed by atoms with Crippen LogP contribution in [0.1, 0.15) is 12.0 Å². The van der Waals surface area contributed by atoms with Crippen molar-refractivity contribution in [2.45, 2.75) is 6.43 Å². The van der Waals surface area contributed by atoms with Crippen LogP contribution in [-0.2, 0) is 0 Å². The number of rotatable bonds is 6. The molecule has 1 aliphatic heterocycles. The summed E-state index contributed by atoms with van der Waals surface area (Å²) in [5.74, 6) is -1.32. The molecule has 11 heteroatoms. The van der Waals surface area contributed by atoms with Crippen LogP contribution in [0.5, 0.6) is 5.75 Å². The van der Waals surface area contributed by atoms with Crippen LogP contribution in [0, 0.1) is 15.5 Å². The molecule has 0 saturated carbocycles. The molecule has 2 heterocycles.